The molecule has 468 valence electrons. The highest BCUT2D eigenvalue weighted by Crippen LogP contribution is 2.27. The number of rotatable bonds is 57. The molecule has 0 radical (unpaired) electrons. The van der Waals surface area contributed by atoms with Gasteiger partial charge < -0.3 is 39.0 Å². The van der Waals surface area contributed by atoms with E-state index in [0.717, 1.165) is 109 Å². The van der Waals surface area contributed by atoms with Crippen LogP contribution in [0.25, 0.3) is 0 Å². The van der Waals surface area contributed by atoms with E-state index in [1.807, 2.05) is 0 Å². The quantitative estimate of drug-likeness (QED) is 0.0228. The average molecular weight is 1140 g/mol. The van der Waals surface area contributed by atoms with Crippen LogP contribution in [0.3, 0.4) is 0 Å². The highest BCUT2D eigenvalue weighted by molar-refractivity contribution is 5.74. The Morgan fingerprint density at radius 3 is 1.15 bits per heavy atom. The van der Waals surface area contributed by atoms with Crippen molar-refractivity contribution in [3.05, 3.63) is 60.8 Å². The normalized spacial score (nSPS) is 18.1. The van der Waals surface area contributed by atoms with E-state index in [2.05, 4.69) is 81.5 Å². The number of esters is 3. The van der Waals surface area contributed by atoms with Crippen LogP contribution in [0.2, 0.25) is 0 Å². The Hall–Kier alpha value is -3.58. The van der Waals surface area contributed by atoms with Gasteiger partial charge in [-0.15, -0.1) is 0 Å². The molecular weight excluding hydrogens is 1020 g/mol. The third kappa shape index (κ3) is 46.5. The smallest absolute Gasteiger partial charge is 0.335 e. The van der Waals surface area contributed by atoms with E-state index in [9.17, 15) is 34.5 Å². The van der Waals surface area contributed by atoms with Crippen LogP contribution in [0.1, 0.15) is 303 Å². The number of allylic oxidation sites excluding steroid dienone is 10. The molecule has 0 aromatic heterocycles. The third-order valence-electron chi connectivity index (χ3n) is 15.0. The van der Waals surface area contributed by atoms with E-state index < -0.39 is 67.3 Å². The number of carbonyl (C=O) groups is 4. The van der Waals surface area contributed by atoms with Crippen LogP contribution in [0, 0.1) is 0 Å². The fraction of sp³-hybridized carbons (Fsp3) is 0.797. The number of carbonyl (C=O) groups excluding carboxylic acids is 3. The van der Waals surface area contributed by atoms with E-state index >= 15 is 0 Å². The van der Waals surface area contributed by atoms with Gasteiger partial charge in [-0.2, -0.15) is 0 Å². The molecule has 1 fully saturated rings. The number of carboxylic acid groups (broad SMARTS) is 1. The predicted octanol–water partition coefficient (Wildman–Crippen LogP) is 17.9. The first-order valence-corrected chi connectivity index (χ1v) is 33.3. The van der Waals surface area contributed by atoms with Gasteiger partial charge in [0.2, 0.25) is 0 Å². The number of hydrogen-bond acceptors (Lipinski definition) is 11. The molecule has 0 aromatic rings. The number of carboxylic acids is 1. The fourth-order valence-electron chi connectivity index (χ4n) is 9.89. The topological polar surface area (TPSA) is 175 Å². The second-order valence-electron chi connectivity index (χ2n) is 22.7. The minimum atomic E-state index is -1.91. The molecule has 0 amide bonds. The number of aliphatic hydroxyl groups excluding tert-OH is 2. The molecule has 1 saturated heterocycles. The molecule has 1 aliphatic rings. The van der Waals surface area contributed by atoms with Crippen LogP contribution >= 0.6 is 0 Å². The summed E-state index contributed by atoms with van der Waals surface area (Å²) in [7, 11) is 0. The lowest BCUT2D eigenvalue weighted by atomic mass is 9.98. The predicted molar refractivity (Wildman–Crippen MR) is 331 cm³/mol. The summed E-state index contributed by atoms with van der Waals surface area (Å²) >= 11 is 0. The number of unbranched alkanes of at least 4 members (excludes halogenated alkanes) is 33. The Bertz CT molecular complexity index is 1640. The van der Waals surface area contributed by atoms with Crippen molar-refractivity contribution in [2.45, 2.75) is 340 Å². The maximum Gasteiger partial charge on any atom is 0.335 e. The van der Waals surface area contributed by atoms with Crippen LogP contribution in [-0.2, 0) is 42.9 Å². The van der Waals surface area contributed by atoms with Crippen LogP contribution in [0.5, 0.6) is 0 Å². The van der Waals surface area contributed by atoms with Crippen molar-refractivity contribution in [3.8, 4) is 0 Å². The Morgan fingerprint density at radius 2 is 0.741 bits per heavy atom. The van der Waals surface area contributed by atoms with Crippen LogP contribution in [0.15, 0.2) is 60.8 Å². The van der Waals surface area contributed by atoms with Gasteiger partial charge in [0.15, 0.2) is 24.6 Å². The molecule has 12 heteroatoms. The molecule has 0 bridgehead atoms. The SMILES string of the molecule is CCCCC/C=C\C/C=C\CCCCCCCCCCCC(=O)OCC(COC1OC(C(=O)O)C(O)C(O)C1OC(=O)CCCCCCC/C=C\C/C=C\CCCCC)OC(=O)CCCCCCCCC/C=C\CCCCCCCC. The Balaban J connectivity index is 2.66. The summed E-state index contributed by atoms with van der Waals surface area (Å²) in [5.74, 6) is -3.13. The maximum atomic E-state index is 13.2. The number of hydrogen-bond donors (Lipinski definition) is 3. The van der Waals surface area contributed by atoms with Gasteiger partial charge in [0.1, 0.15) is 18.8 Å². The van der Waals surface area contributed by atoms with E-state index in [-0.39, 0.29) is 25.9 Å². The number of aliphatic carboxylic acids is 1. The molecular formula is C69H120O12. The molecule has 0 aromatic carbocycles. The molecule has 3 N–H and O–H groups in total. The van der Waals surface area contributed by atoms with Crippen LogP contribution in [-0.4, -0.2) is 89.2 Å². The summed E-state index contributed by atoms with van der Waals surface area (Å²) < 4.78 is 28.5. The van der Waals surface area contributed by atoms with Crippen molar-refractivity contribution in [1.82, 2.24) is 0 Å². The second kappa shape index (κ2) is 56.9. The Labute approximate surface area is 494 Å². The van der Waals surface area contributed by atoms with E-state index in [1.54, 1.807) is 0 Å². The van der Waals surface area contributed by atoms with Crippen molar-refractivity contribution in [2.75, 3.05) is 13.2 Å². The molecule has 6 unspecified atom stereocenters. The largest absolute Gasteiger partial charge is 0.479 e. The zero-order valence-electron chi connectivity index (χ0n) is 51.8. The summed E-state index contributed by atoms with van der Waals surface area (Å²) in [4.78, 5) is 51.4. The van der Waals surface area contributed by atoms with Crippen molar-refractivity contribution < 1.29 is 58.2 Å². The molecule has 81 heavy (non-hydrogen) atoms. The van der Waals surface area contributed by atoms with Crippen LogP contribution in [0.4, 0.5) is 0 Å². The summed E-state index contributed by atoms with van der Waals surface area (Å²) in [6.45, 7) is 5.96. The summed E-state index contributed by atoms with van der Waals surface area (Å²) in [5, 5.41) is 31.6. The van der Waals surface area contributed by atoms with Gasteiger partial charge in [-0.05, 0) is 109 Å². The molecule has 0 aliphatic carbocycles. The lowest BCUT2D eigenvalue weighted by molar-refractivity contribution is -0.301. The van der Waals surface area contributed by atoms with Crippen molar-refractivity contribution in [1.29, 1.82) is 0 Å². The lowest BCUT2D eigenvalue weighted by Crippen LogP contribution is -2.61. The molecule has 1 rings (SSSR count). The minimum Gasteiger partial charge on any atom is -0.479 e. The van der Waals surface area contributed by atoms with Gasteiger partial charge in [0.05, 0.1) is 6.61 Å². The van der Waals surface area contributed by atoms with Crippen molar-refractivity contribution in [3.63, 3.8) is 0 Å². The zero-order valence-corrected chi connectivity index (χ0v) is 51.8. The highest BCUT2D eigenvalue weighted by Gasteiger charge is 2.50. The monoisotopic (exact) mass is 1140 g/mol. The van der Waals surface area contributed by atoms with Gasteiger partial charge in [-0.3, -0.25) is 14.4 Å². The molecule has 6 atom stereocenters. The summed E-state index contributed by atoms with van der Waals surface area (Å²) in [6.07, 6.45) is 58.8. The van der Waals surface area contributed by atoms with Gasteiger partial charge in [0, 0.05) is 19.3 Å². The average Bonchev–Trinajstić information content (AvgIpc) is 3.53. The van der Waals surface area contributed by atoms with Gasteiger partial charge >= 0.3 is 23.9 Å². The van der Waals surface area contributed by atoms with E-state index in [4.69, 9.17) is 23.7 Å². The third-order valence-corrected chi connectivity index (χ3v) is 15.0. The highest BCUT2D eigenvalue weighted by atomic mass is 16.7. The first-order chi connectivity index (χ1) is 39.6. The van der Waals surface area contributed by atoms with Gasteiger partial charge in [-0.25, -0.2) is 4.79 Å². The standard InChI is InChI=1S/C69H120O12/c1-4-7-10-13-16-19-22-25-28-30-31-33-35-37-40-43-46-49-52-55-61(70)77-58-60(79-62(71)56-53-50-47-44-41-39-36-32-29-26-23-20-17-14-11-8-5-2)59-78-69-67(65(74)64(73)66(81-69)68(75)76)80-63(72)57-54-51-48-45-42-38-34-27-24-21-18-15-12-9-6-3/h16,18-19,21,25-29,34,60,64-67,69,73-74H,4-15,17,20,22-24,30-33,35-59H2,1-3H3,(H,75,76)/b19-16-,21-18-,28-25-,29-26-,34-27-. The first-order valence-electron chi connectivity index (χ1n) is 33.3. The molecule has 1 aliphatic heterocycles. The van der Waals surface area contributed by atoms with Crippen molar-refractivity contribution >= 4 is 23.9 Å². The lowest BCUT2D eigenvalue weighted by Gasteiger charge is -2.40. The fourth-order valence-corrected chi connectivity index (χ4v) is 9.89. The Morgan fingerprint density at radius 1 is 0.407 bits per heavy atom. The van der Waals surface area contributed by atoms with Gasteiger partial charge in [0.25, 0.3) is 0 Å². The molecule has 1 heterocycles. The zero-order chi connectivity index (χ0) is 58.9. The maximum absolute atomic E-state index is 13.2. The molecule has 0 spiro atoms. The molecule has 12 nitrogen and oxygen atoms in total. The molecule has 0 saturated carbocycles. The first kappa shape index (κ1) is 75.4. The van der Waals surface area contributed by atoms with E-state index in [0.29, 0.717) is 19.3 Å². The van der Waals surface area contributed by atoms with Crippen LogP contribution < -0.4 is 0 Å². The van der Waals surface area contributed by atoms with Crippen molar-refractivity contribution in [2.24, 2.45) is 0 Å². The summed E-state index contributed by atoms with van der Waals surface area (Å²) in [6, 6.07) is 0. The Kier molecular flexibility index (Phi) is 53.0. The summed E-state index contributed by atoms with van der Waals surface area (Å²) in [5.41, 5.74) is 0. The second-order valence-corrected chi connectivity index (χ2v) is 22.7. The van der Waals surface area contributed by atoms with Gasteiger partial charge in [-0.1, -0.05) is 236 Å². The number of aliphatic hydroxyl groups is 2. The minimum absolute atomic E-state index is 0.0440. The number of ether oxygens (including phenoxy) is 5. The van der Waals surface area contributed by atoms with E-state index in [1.165, 1.54) is 135 Å².